The lowest BCUT2D eigenvalue weighted by Crippen LogP contribution is -2.38. The number of rotatable bonds is 6. The molecule has 0 saturated heterocycles. The molecule has 3 atom stereocenters. The van der Waals surface area contributed by atoms with Crippen LogP contribution in [0.1, 0.15) is 36.6 Å². The molecular weight excluding hydrogens is 242 g/mol. The molecule has 0 saturated carbocycles. The summed E-state index contributed by atoms with van der Waals surface area (Å²) in [6.07, 6.45) is 2.04. The Kier molecular flexibility index (Phi) is 6.19. The van der Waals surface area contributed by atoms with Gasteiger partial charge in [-0.1, -0.05) is 18.2 Å². The summed E-state index contributed by atoms with van der Waals surface area (Å²) in [6.45, 7) is 8.81. The molecule has 0 bridgehead atoms. The number of hydrogen-bond donors (Lipinski definition) is 2. The highest BCUT2D eigenvalue weighted by Gasteiger charge is 2.17. The predicted octanol–water partition coefficient (Wildman–Crippen LogP) is 3.07. The van der Waals surface area contributed by atoms with Gasteiger partial charge in [0.15, 0.2) is 0 Å². The molecule has 2 N–H and O–H groups in total. The molecule has 0 radical (unpaired) electrons. The highest BCUT2D eigenvalue weighted by molar-refractivity contribution is 7.99. The zero-order valence-corrected chi connectivity index (χ0v) is 12.8. The van der Waals surface area contributed by atoms with Gasteiger partial charge in [0.05, 0.1) is 6.61 Å². The summed E-state index contributed by atoms with van der Waals surface area (Å²) in [7, 11) is 0. The van der Waals surface area contributed by atoms with E-state index < -0.39 is 0 Å². The Balaban J connectivity index is 2.69. The Labute approximate surface area is 115 Å². The van der Waals surface area contributed by atoms with Crippen LogP contribution in [0.5, 0.6) is 0 Å². The largest absolute Gasteiger partial charge is 0.395 e. The molecule has 1 rings (SSSR count). The van der Waals surface area contributed by atoms with Crippen LogP contribution in [0.3, 0.4) is 0 Å². The van der Waals surface area contributed by atoms with Crippen molar-refractivity contribution in [3.8, 4) is 0 Å². The Hall–Kier alpha value is -0.510. The van der Waals surface area contributed by atoms with Crippen LogP contribution in [0.15, 0.2) is 18.2 Å². The number of aliphatic hydroxyl groups excluding tert-OH is 1. The first-order valence-corrected chi connectivity index (χ1v) is 7.75. The Morgan fingerprint density at radius 2 is 1.89 bits per heavy atom. The van der Waals surface area contributed by atoms with E-state index in [1.165, 1.54) is 16.7 Å². The first kappa shape index (κ1) is 15.5. The lowest BCUT2D eigenvalue weighted by atomic mass is 10.0. The van der Waals surface area contributed by atoms with Crippen molar-refractivity contribution in [2.75, 3.05) is 12.9 Å². The molecule has 0 spiro atoms. The summed E-state index contributed by atoms with van der Waals surface area (Å²) in [4.78, 5) is 0. The van der Waals surface area contributed by atoms with Crippen LogP contribution in [0.4, 0.5) is 0 Å². The van der Waals surface area contributed by atoms with Crippen molar-refractivity contribution in [3.05, 3.63) is 34.9 Å². The number of aryl methyl sites for hydroxylation is 2. The van der Waals surface area contributed by atoms with Gasteiger partial charge in [0, 0.05) is 17.3 Å². The van der Waals surface area contributed by atoms with E-state index in [9.17, 15) is 5.11 Å². The molecule has 102 valence electrons. The van der Waals surface area contributed by atoms with Crippen molar-refractivity contribution in [2.24, 2.45) is 0 Å². The molecule has 0 aromatic heterocycles. The van der Waals surface area contributed by atoms with E-state index in [2.05, 4.69) is 51.2 Å². The fraction of sp³-hybridized carbons (Fsp3) is 0.600. The van der Waals surface area contributed by atoms with E-state index in [1.54, 1.807) is 11.8 Å². The van der Waals surface area contributed by atoms with E-state index >= 15 is 0 Å². The van der Waals surface area contributed by atoms with Crippen molar-refractivity contribution in [1.82, 2.24) is 5.32 Å². The maximum atomic E-state index is 9.30. The van der Waals surface area contributed by atoms with Crippen LogP contribution >= 0.6 is 11.8 Å². The van der Waals surface area contributed by atoms with Gasteiger partial charge in [-0.3, -0.25) is 0 Å². The Morgan fingerprint density at radius 1 is 1.22 bits per heavy atom. The smallest absolute Gasteiger partial charge is 0.0564 e. The second-order valence-electron chi connectivity index (χ2n) is 4.98. The molecule has 0 aliphatic rings. The Morgan fingerprint density at radius 3 is 2.39 bits per heavy atom. The third-order valence-corrected chi connectivity index (χ3v) is 4.75. The van der Waals surface area contributed by atoms with Crippen molar-refractivity contribution in [3.63, 3.8) is 0 Å². The molecule has 2 nitrogen and oxygen atoms in total. The molecule has 1 aromatic carbocycles. The number of benzene rings is 1. The first-order chi connectivity index (χ1) is 8.49. The van der Waals surface area contributed by atoms with E-state index in [0.29, 0.717) is 12.1 Å². The SMILES string of the molecule is CSC(CO)C(C)NC(C)c1ccc(C)c(C)c1. The average molecular weight is 267 g/mol. The van der Waals surface area contributed by atoms with Crippen LogP contribution < -0.4 is 5.32 Å². The standard InChI is InChI=1S/C15H25NOS/c1-10-6-7-14(8-11(10)2)12(3)16-13(4)15(9-17)18-5/h6-8,12-13,15-17H,9H2,1-5H3. The predicted molar refractivity (Wildman–Crippen MR) is 81.3 cm³/mol. The topological polar surface area (TPSA) is 32.3 Å². The average Bonchev–Trinajstić information content (AvgIpc) is 2.34. The first-order valence-electron chi connectivity index (χ1n) is 6.46. The number of hydrogen-bond acceptors (Lipinski definition) is 3. The molecule has 0 amide bonds. The van der Waals surface area contributed by atoms with Gasteiger partial charge in [-0.15, -0.1) is 0 Å². The van der Waals surface area contributed by atoms with Gasteiger partial charge in [0.25, 0.3) is 0 Å². The second-order valence-corrected chi connectivity index (χ2v) is 6.05. The van der Waals surface area contributed by atoms with Crippen LogP contribution in [-0.4, -0.2) is 29.3 Å². The number of aliphatic hydroxyl groups is 1. The van der Waals surface area contributed by atoms with E-state index in [1.807, 2.05) is 6.26 Å². The normalized spacial score (nSPS) is 16.3. The number of nitrogens with one attached hydrogen (secondary N) is 1. The molecule has 0 aliphatic carbocycles. The summed E-state index contributed by atoms with van der Waals surface area (Å²) in [5, 5.41) is 13.1. The number of thioether (sulfide) groups is 1. The molecule has 0 heterocycles. The summed E-state index contributed by atoms with van der Waals surface area (Å²) in [6, 6.07) is 7.19. The van der Waals surface area contributed by atoms with Crippen molar-refractivity contribution >= 4 is 11.8 Å². The van der Waals surface area contributed by atoms with Crippen LogP contribution in [0, 0.1) is 13.8 Å². The lowest BCUT2D eigenvalue weighted by Gasteiger charge is -2.26. The van der Waals surface area contributed by atoms with Gasteiger partial charge < -0.3 is 10.4 Å². The van der Waals surface area contributed by atoms with E-state index in [0.717, 1.165) is 0 Å². The summed E-state index contributed by atoms with van der Waals surface area (Å²) in [5.74, 6) is 0. The van der Waals surface area contributed by atoms with Crippen LogP contribution in [0.25, 0.3) is 0 Å². The third kappa shape index (κ3) is 4.01. The lowest BCUT2D eigenvalue weighted by molar-refractivity contribution is 0.272. The van der Waals surface area contributed by atoms with Gasteiger partial charge >= 0.3 is 0 Å². The maximum Gasteiger partial charge on any atom is 0.0564 e. The van der Waals surface area contributed by atoms with Gasteiger partial charge in [-0.25, -0.2) is 0 Å². The summed E-state index contributed by atoms with van der Waals surface area (Å²) >= 11 is 1.71. The highest BCUT2D eigenvalue weighted by atomic mass is 32.2. The third-order valence-electron chi connectivity index (χ3n) is 3.58. The fourth-order valence-corrected chi connectivity index (χ4v) is 2.70. The van der Waals surface area contributed by atoms with Crippen molar-refractivity contribution < 1.29 is 5.11 Å². The second kappa shape index (κ2) is 7.17. The van der Waals surface area contributed by atoms with Gasteiger partial charge in [0.1, 0.15) is 0 Å². The molecular formula is C15H25NOS. The van der Waals surface area contributed by atoms with E-state index in [-0.39, 0.29) is 11.9 Å². The minimum atomic E-state index is 0.217. The van der Waals surface area contributed by atoms with Crippen LogP contribution in [0.2, 0.25) is 0 Å². The van der Waals surface area contributed by atoms with Gasteiger partial charge in [-0.2, -0.15) is 11.8 Å². The van der Waals surface area contributed by atoms with Crippen molar-refractivity contribution in [2.45, 2.75) is 45.0 Å². The highest BCUT2D eigenvalue weighted by Crippen LogP contribution is 2.19. The minimum Gasteiger partial charge on any atom is -0.395 e. The monoisotopic (exact) mass is 267 g/mol. The molecule has 3 unspecified atom stereocenters. The van der Waals surface area contributed by atoms with Crippen molar-refractivity contribution in [1.29, 1.82) is 0 Å². The molecule has 1 aromatic rings. The molecule has 0 fully saturated rings. The van der Waals surface area contributed by atoms with Gasteiger partial charge in [0.2, 0.25) is 0 Å². The van der Waals surface area contributed by atoms with Crippen LogP contribution in [-0.2, 0) is 0 Å². The van der Waals surface area contributed by atoms with E-state index in [4.69, 9.17) is 0 Å². The zero-order chi connectivity index (χ0) is 13.7. The zero-order valence-electron chi connectivity index (χ0n) is 12.0. The summed E-state index contributed by atoms with van der Waals surface area (Å²) in [5.41, 5.74) is 3.97. The quantitative estimate of drug-likeness (QED) is 0.831. The fourth-order valence-electron chi connectivity index (χ4n) is 2.07. The minimum absolute atomic E-state index is 0.217. The maximum absolute atomic E-state index is 9.30. The Bertz CT molecular complexity index is 377. The van der Waals surface area contributed by atoms with Gasteiger partial charge in [-0.05, 0) is 50.6 Å². The molecule has 3 heteroatoms. The summed E-state index contributed by atoms with van der Waals surface area (Å²) < 4.78 is 0. The molecule has 18 heavy (non-hydrogen) atoms. The molecule has 0 aliphatic heterocycles.